The molecule has 0 aromatic carbocycles. The molecule has 0 bridgehead atoms. The maximum atomic E-state index is 11.6. The van der Waals surface area contributed by atoms with E-state index in [9.17, 15) is 4.79 Å². The number of carbonyl (C=O) groups excluding carboxylic acids is 1. The molecule has 1 amide bonds. The zero-order chi connectivity index (χ0) is 11.5. The molecule has 0 aliphatic rings. The Morgan fingerprint density at radius 2 is 2.38 bits per heavy atom. The van der Waals surface area contributed by atoms with Crippen LogP contribution in [0.2, 0.25) is 0 Å². The second-order valence-corrected chi connectivity index (χ2v) is 4.39. The third-order valence-electron chi connectivity index (χ3n) is 2.01. The Hall–Kier alpha value is -1.69. The molecule has 0 fully saturated rings. The van der Waals surface area contributed by atoms with Crippen LogP contribution in [0.15, 0.2) is 11.6 Å². The summed E-state index contributed by atoms with van der Waals surface area (Å²) in [6.07, 6.45) is 1.53. The second-order valence-electron chi connectivity index (χ2n) is 3.45. The van der Waals surface area contributed by atoms with Gasteiger partial charge < -0.3 is 10.3 Å². The van der Waals surface area contributed by atoms with Gasteiger partial charge in [-0.05, 0) is 13.8 Å². The van der Waals surface area contributed by atoms with Crippen molar-refractivity contribution in [1.82, 2.24) is 20.3 Å². The molecule has 2 rings (SSSR count). The monoisotopic (exact) mass is 236 g/mol. The number of hydrogen-bond donors (Lipinski definition) is 2. The molecular weight excluding hydrogens is 224 g/mol. The quantitative estimate of drug-likeness (QED) is 0.846. The van der Waals surface area contributed by atoms with Gasteiger partial charge in [0.15, 0.2) is 0 Å². The minimum absolute atomic E-state index is 0.159. The number of aromatic nitrogens is 3. The van der Waals surface area contributed by atoms with Crippen LogP contribution in [0.25, 0.3) is 0 Å². The smallest absolute Gasteiger partial charge is 0.269 e. The van der Waals surface area contributed by atoms with Gasteiger partial charge in [0.1, 0.15) is 16.5 Å². The van der Waals surface area contributed by atoms with E-state index in [4.69, 9.17) is 0 Å². The third-order valence-corrected chi connectivity index (χ3v) is 2.98. The first-order chi connectivity index (χ1) is 7.65. The topological polar surface area (TPSA) is 70.7 Å². The highest BCUT2D eigenvalue weighted by molar-refractivity contribution is 7.09. The van der Waals surface area contributed by atoms with Crippen LogP contribution in [0.5, 0.6) is 0 Å². The number of aryl methyl sites for hydroxylation is 2. The Labute approximate surface area is 96.9 Å². The molecule has 2 aromatic rings. The fourth-order valence-corrected chi connectivity index (χ4v) is 1.98. The lowest BCUT2D eigenvalue weighted by Gasteiger charge is -1.99. The molecule has 0 unspecified atom stereocenters. The lowest BCUT2D eigenvalue weighted by molar-refractivity contribution is 0.0946. The number of amides is 1. The number of aromatic amines is 1. The van der Waals surface area contributed by atoms with Gasteiger partial charge in [-0.15, -0.1) is 11.3 Å². The Balaban J connectivity index is 1.93. The molecule has 6 heteroatoms. The highest BCUT2D eigenvalue weighted by Gasteiger charge is 2.08. The van der Waals surface area contributed by atoms with E-state index in [1.54, 1.807) is 18.3 Å². The summed E-state index contributed by atoms with van der Waals surface area (Å²) in [7, 11) is 0. The highest BCUT2D eigenvalue weighted by Crippen LogP contribution is 2.08. The van der Waals surface area contributed by atoms with Crippen LogP contribution >= 0.6 is 11.3 Å². The van der Waals surface area contributed by atoms with Gasteiger partial charge in [-0.1, -0.05) is 0 Å². The molecular formula is C10H12N4OS. The predicted octanol–water partition coefficient (Wildman–Crippen LogP) is 1.41. The van der Waals surface area contributed by atoms with Gasteiger partial charge in [-0.25, -0.2) is 9.97 Å². The van der Waals surface area contributed by atoms with Crippen molar-refractivity contribution < 1.29 is 4.79 Å². The molecule has 2 N–H and O–H groups in total. The van der Waals surface area contributed by atoms with E-state index < -0.39 is 0 Å². The zero-order valence-electron chi connectivity index (χ0n) is 9.07. The number of rotatable bonds is 3. The largest absolute Gasteiger partial charge is 0.344 e. The summed E-state index contributed by atoms with van der Waals surface area (Å²) in [5, 5.41) is 5.64. The first kappa shape index (κ1) is 10.8. The van der Waals surface area contributed by atoms with Crippen LogP contribution in [-0.4, -0.2) is 20.9 Å². The number of H-pyrrole nitrogens is 1. The van der Waals surface area contributed by atoms with E-state index in [1.165, 1.54) is 6.20 Å². The average molecular weight is 236 g/mol. The molecule has 84 valence electrons. The minimum atomic E-state index is -0.159. The Morgan fingerprint density at radius 3 is 2.94 bits per heavy atom. The maximum Gasteiger partial charge on any atom is 0.269 e. The summed E-state index contributed by atoms with van der Waals surface area (Å²) in [5.74, 6) is 0.573. The number of thiazole rings is 1. The summed E-state index contributed by atoms with van der Waals surface area (Å²) >= 11 is 1.54. The van der Waals surface area contributed by atoms with E-state index in [2.05, 4.69) is 20.3 Å². The van der Waals surface area contributed by atoms with Crippen molar-refractivity contribution in [2.75, 3.05) is 0 Å². The molecule has 0 aliphatic carbocycles. The summed E-state index contributed by atoms with van der Waals surface area (Å²) in [4.78, 5) is 22.7. The molecule has 0 spiro atoms. The van der Waals surface area contributed by atoms with E-state index in [0.29, 0.717) is 12.2 Å². The normalized spacial score (nSPS) is 10.4. The lowest BCUT2D eigenvalue weighted by Crippen LogP contribution is -2.23. The number of hydrogen-bond acceptors (Lipinski definition) is 4. The molecule has 0 saturated carbocycles. The van der Waals surface area contributed by atoms with Crippen molar-refractivity contribution in [1.29, 1.82) is 0 Å². The zero-order valence-corrected chi connectivity index (χ0v) is 9.89. The van der Waals surface area contributed by atoms with Gasteiger partial charge in [-0.2, -0.15) is 0 Å². The molecule has 2 heterocycles. The highest BCUT2D eigenvalue weighted by atomic mass is 32.1. The van der Waals surface area contributed by atoms with Crippen molar-refractivity contribution in [3.63, 3.8) is 0 Å². The number of imidazole rings is 1. The first-order valence-corrected chi connectivity index (χ1v) is 5.74. The van der Waals surface area contributed by atoms with Crippen molar-refractivity contribution in [3.05, 3.63) is 33.8 Å². The average Bonchev–Trinajstić information content (AvgIpc) is 2.84. The van der Waals surface area contributed by atoms with Crippen LogP contribution in [0.1, 0.15) is 27.0 Å². The molecule has 2 aromatic heterocycles. The Kier molecular flexibility index (Phi) is 3.00. The van der Waals surface area contributed by atoms with Crippen LogP contribution in [-0.2, 0) is 6.54 Å². The summed E-state index contributed by atoms with van der Waals surface area (Å²) in [5.41, 5.74) is 1.46. The number of carbonyl (C=O) groups is 1. The third kappa shape index (κ3) is 2.46. The minimum Gasteiger partial charge on any atom is -0.344 e. The molecule has 16 heavy (non-hydrogen) atoms. The van der Waals surface area contributed by atoms with Gasteiger partial charge in [0.2, 0.25) is 0 Å². The SMILES string of the molecule is Cc1csc(CNC(=O)c2cnc(C)[nH]2)n1. The molecule has 0 atom stereocenters. The van der Waals surface area contributed by atoms with Gasteiger partial charge in [0.25, 0.3) is 5.91 Å². The van der Waals surface area contributed by atoms with Gasteiger partial charge in [0.05, 0.1) is 12.7 Å². The molecule has 0 radical (unpaired) electrons. The van der Waals surface area contributed by atoms with Crippen LogP contribution in [0, 0.1) is 13.8 Å². The van der Waals surface area contributed by atoms with Crippen LogP contribution in [0.3, 0.4) is 0 Å². The lowest BCUT2D eigenvalue weighted by atomic mass is 10.4. The van der Waals surface area contributed by atoms with Crippen LogP contribution in [0.4, 0.5) is 0 Å². The predicted molar refractivity (Wildman–Crippen MR) is 61.3 cm³/mol. The fourth-order valence-electron chi connectivity index (χ4n) is 1.27. The van der Waals surface area contributed by atoms with Gasteiger partial charge >= 0.3 is 0 Å². The van der Waals surface area contributed by atoms with Crippen molar-refractivity contribution >= 4 is 17.2 Å². The second kappa shape index (κ2) is 4.44. The molecule has 0 aliphatic heterocycles. The Bertz CT molecular complexity index is 502. The van der Waals surface area contributed by atoms with E-state index >= 15 is 0 Å². The number of nitrogens with zero attached hydrogens (tertiary/aromatic N) is 2. The van der Waals surface area contributed by atoms with E-state index in [1.807, 2.05) is 12.3 Å². The first-order valence-electron chi connectivity index (χ1n) is 4.86. The fraction of sp³-hybridized carbons (Fsp3) is 0.300. The van der Waals surface area contributed by atoms with Gasteiger partial charge in [-0.3, -0.25) is 4.79 Å². The standard InChI is InChI=1S/C10H12N4OS/c1-6-5-16-9(13-6)4-12-10(15)8-3-11-7(2)14-8/h3,5H,4H2,1-2H3,(H,11,14)(H,12,15). The van der Waals surface area contributed by atoms with Crippen molar-refractivity contribution in [3.8, 4) is 0 Å². The summed E-state index contributed by atoms with van der Waals surface area (Å²) in [6.45, 7) is 4.19. The summed E-state index contributed by atoms with van der Waals surface area (Å²) in [6, 6.07) is 0. The van der Waals surface area contributed by atoms with Crippen molar-refractivity contribution in [2.45, 2.75) is 20.4 Å². The van der Waals surface area contributed by atoms with E-state index in [0.717, 1.165) is 16.5 Å². The number of nitrogens with one attached hydrogen (secondary N) is 2. The Morgan fingerprint density at radius 1 is 1.56 bits per heavy atom. The van der Waals surface area contributed by atoms with Gasteiger partial charge in [0, 0.05) is 11.1 Å². The van der Waals surface area contributed by atoms with E-state index in [-0.39, 0.29) is 5.91 Å². The molecule has 0 saturated heterocycles. The molecule has 5 nitrogen and oxygen atoms in total. The van der Waals surface area contributed by atoms with Crippen molar-refractivity contribution in [2.24, 2.45) is 0 Å². The maximum absolute atomic E-state index is 11.6. The van der Waals surface area contributed by atoms with Crippen LogP contribution < -0.4 is 5.32 Å². The summed E-state index contributed by atoms with van der Waals surface area (Å²) < 4.78 is 0.